The predicted molar refractivity (Wildman–Crippen MR) is 63.3 cm³/mol. The van der Waals surface area contributed by atoms with E-state index in [4.69, 9.17) is 4.74 Å². The molecule has 1 N–H and O–H groups in total. The minimum atomic E-state index is 0.211. The third kappa shape index (κ3) is 2.54. The largest absolute Gasteiger partial charge is 0.508 e. The van der Waals surface area contributed by atoms with Crippen molar-refractivity contribution in [1.29, 1.82) is 0 Å². The van der Waals surface area contributed by atoms with Gasteiger partial charge < -0.3 is 9.84 Å². The fraction of sp³-hybridized carbons (Fsp3) is 0.250. The number of phenolic OH excluding ortho intramolecular Hbond substituents is 1. The van der Waals surface area contributed by atoms with E-state index in [2.05, 4.69) is 10.3 Å². The number of benzene rings is 1. The molecule has 0 saturated heterocycles. The van der Waals surface area contributed by atoms with Gasteiger partial charge in [0.15, 0.2) is 12.0 Å². The molecule has 2 aromatic rings. The number of hydrogen-bond acceptors (Lipinski definition) is 5. The number of phenols is 1. The summed E-state index contributed by atoms with van der Waals surface area (Å²) in [5.74, 6) is 0.211. The van der Waals surface area contributed by atoms with Crippen molar-refractivity contribution < 1.29 is 14.6 Å². The summed E-state index contributed by atoms with van der Waals surface area (Å²) in [6, 6.07) is 6.77. The Bertz CT molecular complexity index is 534. The van der Waals surface area contributed by atoms with Crippen molar-refractivity contribution in [2.24, 2.45) is 0 Å². The summed E-state index contributed by atoms with van der Waals surface area (Å²) >= 11 is 0. The van der Waals surface area contributed by atoms with Crippen molar-refractivity contribution in [3.8, 4) is 5.75 Å². The molecule has 0 amide bonds. The standard InChI is InChI=1S/C12H13N3O3/c1-18-8-12-11(7-16)13-14-15(12)6-9-2-4-10(17)5-3-9/h2-5,7,17H,6,8H2,1H3. The van der Waals surface area contributed by atoms with Crippen LogP contribution in [0.3, 0.4) is 0 Å². The first kappa shape index (κ1) is 12.3. The Morgan fingerprint density at radius 3 is 2.72 bits per heavy atom. The summed E-state index contributed by atoms with van der Waals surface area (Å²) in [5, 5.41) is 16.9. The lowest BCUT2D eigenvalue weighted by atomic mass is 10.2. The average Bonchev–Trinajstić information content (AvgIpc) is 2.75. The smallest absolute Gasteiger partial charge is 0.172 e. The minimum Gasteiger partial charge on any atom is -0.508 e. The zero-order valence-corrected chi connectivity index (χ0v) is 9.91. The second-order valence-electron chi connectivity index (χ2n) is 3.80. The van der Waals surface area contributed by atoms with Crippen LogP contribution in [0, 0.1) is 0 Å². The first-order valence-electron chi connectivity index (χ1n) is 5.39. The topological polar surface area (TPSA) is 77.2 Å². The lowest BCUT2D eigenvalue weighted by Crippen LogP contribution is -2.08. The highest BCUT2D eigenvalue weighted by atomic mass is 16.5. The first-order valence-corrected chi connectivity index (χ1v) is 5.39. The van der Waals surface area contributed by atoms with Crippen molar-refractivity contribution >= 4 is 6.29 Å². The Kier molecular flexibility index (Phi) is 3.69. The molecule has 0 bridgehead atoms. The second kappa shape index (κ2) is 5.42. The van der Waals surface area contributed by atoms with E-state index >= 15 is 0 Å². The molecule has 0 spiro atoms. The van der Waals surface area contributed by atoms with Crippen molar-refractivity contribution in [3.63, 3.8) is 0 Å². The number of carbonyl (C=O) groups excluding carboxylic acids is 1. The summed E-state index contributed by atoms with van der Waals surface area (Å²) < 4.78 is 6.64. The van der Waals surface area contributed by atoms with E-state index in [-0.39, 0.29) is 18.1 Å². The quantitative estimate of drug-likeness (QED) is 0.797. The Morgan fingerprint density at radius 1 is 1.39 bits per heavy atom. The Morgan fingerprint density at radius 2 is 2.11 bits per heavy atom. The molecular weight excluding hydrogens is 234 g/mol. The average molecular weight is 247 g/mol. The highest BCUT2D eigenvalue weighted by molar-refractivity contribution is 5.73. The van der Waals surface area contributed by atoms with E-state index in [1.54, 1.807) is 36.1 Å². The number of aromatic hydroxyl groups is 1. The molecule has 0 aliphatic heterocycles. The van der Waals surface area contributed by atoms with Crippen LogP contribution < -0.4 is 0 Å². The molecule has 6 nitrogen and oxygen atoms in total. The SMILES string of the molecule is COCc1c(C=O)nnn1Cc1ccc(O)cc1. The molecule has 6 heteroatoms. The highest BCUT2D eigenvalue weighted by Crippen LogP contribution is 2.12. The lowest BCUT2D eigenvalue weighted by molar-refractivity contribution is 0.111. The number of aromatic nitrogens is 3. The van der Waals surface area contributed by atoms with Crippen LogP contribution in [0.2, 0.25) is 0 Å². The van der Waals surface area contributed by atoms with Crippen LogP contribution in [0.4, 0.5) is 0 Å². The second-order valence-corrected chi connectivity index (χ2v) is 3.80. The fourth-order valence-corrected chi connectivity index (χ4v) is 1.62. The van der Waals surface area contributed by atoms with Crippen LogP contribution in [-0.4, -0.2) is 33.5 Å². The lowest BCUT2D eigenvalue weighted by Gasteiger charge is -2.06. The Labute approximate surface area is 104 Å². The normalized spacial score (nSPS) is 10.5. The van der Waals surface area contributed by atoms with Crippen LogP contribution in [0.5, 0.6) is 5.75 Å². The molecule has 2 rings (SSSR count). The third-order valence-corrected chi connectivity index (χ3v) is 2.53. The Balaban J connectivity index is 2.25. The summed E-state index contributed by atoms with van der Waals surface area (Å²) in [6.45, 7) is 0.749. The molecule has 0 radical (unpaired) electrons. The Hall–Kier alpha value is -2.21. The fourth-order valence-electron chi connectivity index (χ4n) is 1.62. The maximum Gasteiger partial charge on any atom is 0.172 e. The van der Waals surface area contributed by atoms with Crippen molar-refractivity contribution in [3.05, 3.63) is 41.2 Å². The maximum absolute atomic E-state index is 10.8. The van der Waals surface area contributed by atoms with E-state index in [0.717, 1.165) is 5.56 Å². The van der Waals surface area contributed by atoms with E-state index in [0.29, 0.717) is 18.5 Å². The minimum absolute atomic E-state index is 0.211. The molecular formula is C12H13N3O3. The number of hydrogen-bond donors (Lipinski definition) is 1. The van der Waals surface area contributed by atoms with E-state index < -0.39 is 0 Å². The van der Waals surface area contributed by atoms with Gasteiger partial charge in [0.05, 0.1) is 18.8 Å². The molecule has 18 heavy (non-hydrogen) atoms. The van der Waals surface area contributed by atoms with Gasteiger partial charge in [0.2, 0.25) is 0 Å². The molecule has 1 aromatic carbocycles. The van der Waals surface area contributed by atoms with Gasteiger partial charge in [-0.3, -0.25) is 4.79 Å². The van der Waals surface area contributed by atoms with Crippen LogP contribution in [0.25, 0.3) is 0 Å². The number of nitrogens with zero attached hydrogens (tertiary/aromatic N) is 3. The number of methoxy groups -OCH3 is 1. The predicted octanol–water partition coefficient (Wildman–Crippen LogP) is 0.991. The van der Waals surface area contributed by atoms with Gasteiger partial charge in [-0.15, -0.1) is 5.10 Å². The summed E-state index contributed by atoms with van der Waals surface area (Å²) in [6.07, 6.45) is 0.661. The van der Waals surface area contributed by atoms with Gasteiger partial charge in [-0.25, -0.2) is 4.68 Å². The highest BCUT2D eigenvalue weighted by Gasteiger charge is 2.12. The number of ether oxygens (including phenoxy) is 1. The van der Waals surface area contributed by atoms with E-state index in [1.807, 2.05) is 0 Å². The zero-order valence-electron chi connectivity index (χ0n) is 9.91. The van der Waals surface area contributed by atoms with E-state index in [9.17, 15) is 9.90 Å². The monoisotopic (exact) mass is 247 g/mol. The summed E-state index contributed by atoms with van der Waals surface area (Å²) in [5.41, 5.74) is 1.88. The molecule has 0 unspecified atom stereocenters. The molecule has 0 aliphatic carbocycles. The molecule has 1 heterocycles. The molecule has 0 fully saturated rings. The van der Waals surface area contributed by atoms with Gasteiger partial charge in [-0.1, -0.05) is 17.3 Å². The molecule has 0 aliphatic rings. The van der Waals surface area contributed by atoms with Gasteiger partial charge in [-0.2, -0.15) is 0 Å². The van der Waals surface area contributed by atoms with Crippen molar-refractivity contribution in [1.82, 2.24) is 15.0 Å². The number of carbonyl (C=O) groups is 1. The first-order chi connectivity index (χ1) is 8.74. The summed E-state index contributed by atoms with van der Waals surface area (Å²) in [7, 11) is 1.55. The molecule has 1 aromatic heterocycles. The van der Waals surface area contributed by atoms with Crippen molar-refractivity contribution in [2.45, 2.75) is 13.2 Å². The molecule has 0 saturated carbocycles. The number of aldehydes is 1. The van der Waals surface area contributed by atoms with Gasteiger partial charge >= 0.3 is 0 Å². The van der Waals surface area contributed by atoms with Crippen LogP contribution in [0.1, 0.15) is 21.7 Å². The third-order valence-electron chi connectivity index (χ3n) is 2.53. The summed E-state index contributed by atoms with van der Waals surface area (Å²) in [4.78, 5) is 10.8. The van der Waals surface area contributed by atoms with Crippen LogP contribution >= 0.6 is 0 Å². The van der Waals surface area contributed by atoms with Crippen LogP contribution in [0.15, 0.2) is 24.3 Å². The van der Waals surface area contributed by atoms with Gasteiger partial charge in [0.25, 0.3) is 0 Å². The molecule has 0 atom stereocenters. The van der Waals surface area contributed by atoms with Crippen molar-refractivity contribution in [2.75, 3.05) is 7.11 Å². The van der Waals surface area contributed by atoms with Gasteiger partial charge in [0.1, 0.15) is 5.75 Å². The van der Waals surface area contributed by atoms with E-state index in [1.165, 1.54) is 0 Å². The van der Waals surface area contributed by atoms with Gasteiger partial charge in [-0.05, 0) is 17.7 Å². The maximum atomic E-state index is 10.8. The molecule has 94 valence electrons. The number of rotatable bonds is 5. The van der Waals surface area contributed by atoms with Gasteiger partial charge in [0, 0.05) is 7.11 Å². The zero-order chi connectivity index (χ0) is 13.0. The van der Waals surface area contributed by atoms with Crippen LogP contribution in [-0.2, 0) is 17.9 Å².